The van der Waals surface area contributed by atoms with Crippen LogP contribution in [0.1, 0.15) is 39.0 Å². The first-order valence-corrected chi connectivity index (χ1v) is 9.65. The monoisotopic (exact) mass is 280 g/mol. The number of halogens is 5. The van der Waals surface area contributed by atoms with Gasteiger partial charge in [-0.3, -0.25) is 0 Å². The zero-order chi connectivity index (χ0) is 11.9. The maximum Gasteiger partial charge on any atom is 0.388 e. The van der Waals surface area contributed by atoms with Crippen molar-refractivity contribution in [3.63, 3.8) is 0 Å². The lowest BCUT2D eigenvalue weighted by molar-refractivity contribution is -0.130. The minimum Gasteiger partial charge on any atom is -0.171 e. The molecule has 0 aromatic rings. The van der Waals surface area contributed by atoms with Crippen LogP contribution in [0.25, 0.3) is 0 Å². The molecule has 92 valence electrons. The van der Waals surface area contributed by atoms with Crippen molar-refractivity contribution in [1.29, 1.82) is 0 Å². The van der Waals surface area contributed by atoms with Gasteiger partial charge in [-0.15, -0.1) is 22.2 Å². The van der Waals surface area contributed by atoms with E-state index in [0.717, 1.165) is 25.7 Å². The number of rotatable bonds is 7. The van der Waals surface area contributed by atoms with E-state index in [1.165, 1.54) is 0 Å². The summed E-state index contributed by atoms with van der Waals surface area (Å²) in [5.74, 6) is 0. The largest absolute Gasteiger partial charge is 0.388 e. The molecule has 0 aliphatic carbocycles. The Bertz CT molecular complexity index is 171. The topological polar surface area (TPSA) is 0 Å². The van der Waals surface area contributed by atoms with Crippen molar-refractivity contribution in [3.05, 3.63) is 0 Å². The molecule has 0 saturated heterocycles. The molecule has 0 aliphatic heterocycles. The van der Waals surface area contributed by atoms with Crippen molar-refractivity contribution in [1.82, 2.24) is 0 Å². The highest BCUT2D eigenvalue weighted by Gasteiger charge is 2.35. The van der Waals surface area contributed by atoms with E-state index in [1.807, 2.05) is 0 Å². The average Bonchev–Trinajstić information content (AvgIpc) is 2.09. The predicted molar refractivity (Wildman–Crippen MR) is 61.9 cm³/mol. The second kappa shape index (κ2) is 7.02. The molecule has 0 aliphatic rings. The number of unbranched alkanes of at least 4 members (excludes halogenated alkanes) is 3. The smallest absolute Gasteiger partial charge is 0.171 e. The van der Waals surface area contributed by atoms with E-state index in [2.05, 4.69) is 6.92 Å². The van der Waals surface area contributed by atoms with Crippen molar-refractivity contribution in [2.24, 2.45) is 0 Å². The molecule has 0 spiro atoms. The normalized spacial score (nSPS) is 13.2. The van der Waals surface area contributed by atoms with Crippen molar-refractivity contribution in [2.75, 3.05) is 0 Å². The Hall–Kier alpha value is 0.587. The molecule has 0 aromatic carbocycles. The number of hydrogen-bond donors (Lipinski definition) is 0. The second-order valence-corrected chi connectivity index (χ2v) is 11.4. The molecule has 0 bridgehead atoms. The minimum atomic E-state index is -4.13. The summed E-state index contributed by atoms with van der Waals surface area (Å²) in [5, 5.41) is 0. The number of alkyl halides is 3. The van der Waals surface area contributed by atoms with E-state index in [4.69, 9.17) is 22.2 Å². The first kappa shape index (κ1) is 15.6. The molecule has 0 rings (SSSR count). The van der Waals surface area contributed by atoms with Crippen LogP contribution in [0.2, 0.25) is 12.1 Å². The van der Waals surface area contributed by atoms with E-state index in [0.29, 0.717) is 6.04 Å². The maximum absolute atomic E-state index is 11.9. The molecule has 0 atom stereocenters. The van der Waals surface area contributed by atoms with E-state index in [-0.39, 0.29) is 6.04 Å². The standard InChI is InChI=1S/C9H17Cl2F3Si/c1-2-3-4-5-7-15(10,11)8-6-9(12,13)14/h2-8H2,1H3. The highest BCUT2D eigenvalue weighted by Crippen LogP contribution is 2.34. The summed E-state index contributed by atoms with van der Waals surface area (Å²) in [7, 11) is 0. The lowest BCUT2D eigenvalue weighted by atomic mass is 10.2. The fourth-order valence-electron chi connectivity index (χ4n) is 1.26. The molecule has 0 N–H and O–H groups in total. The van der Waals surface area contributed by atoms with Gasteiger partial charge in [-0.2, -0.15) is 13.2 Å². The predicted octanol–water partition coefficient (Wildman–Crippen LogP) is 5.44. The number of hydrogen-bond acceptors (Lipinski definition) is 0. The Morgan fingerprint density at radius 3 is 2.07 bits per heavy atom. The maximum atomic E-state index is 11.9. The fraction of sp³-hybridized carbons (Fsp3) is 1.00. The zero-order valence-electron chi connectivity index (χ0n) is 8.84. The van der Waals surface area contributed by atoms with Gasteiger partial charge in [-0.1, -0.05) is 32.6 Å². The lowest BCUT2D eigenvalue weighted by Gasteiger charge is -2.17. The highest BCUT2D eigenvalue weighted by atomic mass is 35.7. The van der Waals surface area contributed by atoms with Gasteiger partial charge in [-0.05, 0) is 12.1 Å². The third kappa shape index (κ3) is 10.9. The Balaban J connectivity index is 3.67. The van der Waals surface area contributed by atoms with E-state index in [1.54, 1.807) is 0 Å². The van der Waals surface area contributed by atoms with Gasteiger partial charge in [0.1, 0.15) is 0 Å². The highest BCUT2D eigenvalue weighted by molar-refractivity contribution is 7.45. The van der Waals surface area contributed by atoms with Crippen LogP contribution in [-0.2, 0) is 0 Å². The van der Waals surface area contributed by atoms with Crippen LogP contribution in [0.3, 0.4) is 0 Å². The Morgan fingerprint density at radius 1 is 1.00 bits per heavy atom. The SMILES string of the molecule is CCCCCC[Si](Cl)(Cl)CCC(F)(F)F. The van der Waals surface area contributed by atoms with Gasteiger partial charge >= 0.3 is 6.18 Å². The molecule has 0 unspecified atom stereocenters. The molecule has 0 fully saturated rings. The van der Waals surface area contributed by atoms with Crippen LogP contribution >= 0.6 is 22.2 Å². The summed E-state index contributed by atoms with van der Waals surface area (Å²) >= 11 is 11.9. The molecule has 0 nitrogen and oxygen atoms in total. The molecule has 0 radical (unpaired) electrons. The molecule has 6 heteroatoms. The summed E-state index contributed by atoms with van der Waals surface area (Å²) in [6, 6.07) is 0.498. The molecular weight excluding hydrogens is 264 g/mol. The second-order valence-electron chi connectivity index (χ2n) is 3.78. The average molecular weight is 281 g/mol. The van der Waals surface area contributed by atoms with Gasteiger partial charge in [0.15, 0.2) is 0 Å². The van der Waals surface area contributed by atoms with E-state index < -0.39 is 19.3 Å². The van der Waals surface area contributed by atoms with Crippen LogP contribution < -0.4 is 0 Å². The Kier molecular flexibility index (Phi) is 7.29. The van der Waals surface area contributed by atoms with Crippen molar-refractivity contribution < 1.29 is 13.2 Å². The molecule has 0 saturated carbocycles. The third-order valence-electron chi connectivity index (χ3n) is 2.17. The third-order valence-corrected chi connectivity index (χ3v) is 6.50. The lowest BCUT2D eigenvalue weighted by Crippen LogP contribution is -2.22. The molecule has 0 heterocycles. The van der Waals surface area contributed by atoms with Gasteiger partial charge in [0.25, 0.3) is 6.69 Å². The van der Waals surface area contributed by atoms with Gasteiger partial charge in [0.2, 0.25) is 0 Å². The van der Waals surface area contributed by atoms with Gasteiger partial charge in [0, 0.05) is 6.42 Å². The summed E-state index contributed by atoms with van der Waals surface area (Å²) in [4.78, 5) is 0. The summed E-state index contributed by atoms with van der Waals surface area (Å²) in [6.07, 6.45) is -0.924. The fourth-order valence-corrected chi connectivity index (χ4v) is 4.30. The minimum absolute atomic E-state index is 0.0776. The molecule has 0 aromatic heterocycles. The van der Waals surface area contributed by atoms with Crippen LogP contribution in [0.4, 0.5) is 13.2 Å². The molecule has 15 heavy (non-hydrogen) atoms. The Morgan fingerprint density at radius 2 is 1.60 bits per heavy atom. The first-order chi connectivity index (χ1) is 6.77. The van der Waals surface area contributed by atoms with Gasteiger partial charge in [-0.25, -0.2) is 0 Å². The van der Waals surface area contributed by atoms with Gasteiger partial charge < -0.3 is 0 Å². The zero-order valence-corrected chi connectivity index (χ0v) is 11.4. The van der Waals surface area contributed by atoms with Crippen molar-refractivity contribution >= 4 is 28.9 Å². The van der Waals surface area contributed by atoms with Crippen LogP contribution in [0.5, 0.6) is 0 Å². The van der Waals surface area contributed by atoms with Crippen molar-refractivity contribution in [3.8, 4) is 0 Å². The van der Waals surface area contributed by atoms with Crippen LogP contribution in [0.15, 0.2) is 0 Å². The summed E-state index contributed by atoms with van der Waals surface area (Å²) in [5.41, 5.74) is 0. The summed E-state index contributed by atoms with van der Waals surface area (Å²) in [6.45, 7) is -0.560. The quantitative estimate of drug-likeness (QED) is 0.331. The Labute approximate surface area is 99.6 Å². The summed E-state index contributed by atoms with van der Waals surface area (Å²) < 4.78 is 35.8. The first-order valence-electron chi connectivity index (χ1n) is 5.21. The van der Waals surface area contributed by atoms with Crippen molar-refractivity contribution in [2.45, 2.75) is 57.3 Å². The molecule has 0 amide bonds. The van der Waals surface area contributed by atoms with Crippen LogP contribution in [0, 0.1) is 0 Å². The van der Waals surface area contributed by atoms with E-state index >= 15 is 0 Å². The van der Waals surface area contributed by atoms with Crippen LogP contribution in [-0.4, -0.2) is 12.9 Å². The molecular formula is C9H17Cl2F3Si. The van der Waals surface area contributed by atoms with Gasteiger partial charge in [0.05, 0.1) is 0 Å². The van der Waals surface area contributed by atoms with E-state index in [9.17, 15) is 13.2 Å².